The van der Waals surface area contributed by atoms with Crippen LogP contribution in [0.15, 0.2) is 18.2 Å². The minimum absolute atomic E-state index is 0.0185. The molecule has 2 aliphatic rings. The average molecular weight is 447 g/mol. The van der Waals surface area contributed by atoms with Crippen LogP contribution in [0.2, 0.25) is 10.0 Å². The number of piperidine rings is 1. The molecule has 1 heterocycles. The average Bonchev–Trinajstić information content (AvgIpc) is 2.69. The number of benzene rings is 1. The molecule has 0 unspecified atom stereocenters. The van der Waals surface area contributed by atoms with E-state index in [-0.39, 0.29) is 24.1 Å². The Bertz CT molecular complexity index is 795. The van der Waals surface area contributed by atoms with E-state index in [1.807, 2.05) is 0 Å². The summed E-state index contributed by atoms with van der Waals surface area (Å²) in [4.78, 5) is 12.6. The lowest BCUT2D eigenvalue weighted by molar-refractivity contribution is -0.126. The molecule has 5 nitrogen and oxygen atoms in total. The van der Waals surface area contributed by atoms with Gasteiger partial charge in [-0.05, 0) is 49.3 Å². The Morgan fingerprint density at radius 2 is 1.86 bits per heavy atom. The Kier molecular flexibility index (Phi) is 7.65. The van der Waals surface area contributed by atoms with E-state index in [9.17, 15) is 13.2 Å². The van der Waals surface area contributed by atoms with Gasteiger partial charge in [0, 0.05) is 29.7 Å². The van der Waals surface area contributed by atoms with E-state index in [1.54, 1.807) is 18.2 Å². The summed E-state index contributed by atoms with van der Waals surface area (Å²) >= 11 is 12.0. The Labute approximate surface area is 177 Å². The third-order valence-corrected chi connectivity index (χ3v) is 8.17. The van der Waals surface area contributed by atoms with E-state index in [1.165, 1.54) is 36.4 Å². The highest BCUT2D eigenvalue weighted by molar-refractivity contribution is 7.88. The summed E-state index contributed by atoms with van der Waals surface area (Å²) in [6.07, 6.45) is 7.53. The second-order valence-corrected chi connectivity index (χ2v) is 10.8. The molecule has 2 fully saturated rings. The lowest BCUT2D eigenvalue weighted by Gasteiger charge is -2.32. The van der Waals surface area contributed by atoms with Crippen molar-refractivity contribution < 1.29 is 13.2 Å². The van der Waals surface area contributed by atoms with Crippen LogP contribution in [0.5, 0.6) is 0 Å². The van der Waals surface area contributed by atoms with Gasteiger partial charge in [-0.1, -0.05) is 48.5 Å². The van der Waals surface area contributed by atoms with Crippen LogP contribution in [0.4, 0.5) is 0 Å². The van der Waals surface area contributed by atoms with E-state index in [4.69, 9.17) is 23.2 Å². The van der Waals surface area contributed by atoms with Crippen LogP contribution < -0.4 is 5.32 Å². The van der Waals surface area contributed by atoms with Crippen molar-refractivity contribution in [2.75, 3.05) is 19.6 Å². The van der Waals surface area contributed by atoms with Crippen molar-refractivity contribution in [3.8, 4) is 0 Å². The Hall–Kier alpha value is -0.820. The lowest BCUT2D eigenvalue weighted by atomic mass is 9.89. The summed E-state index contributed by atoms with van der Waals surface area (Å²) in [5.74, 6) is 0.0790. The fourth-order valence-electron chi connectivity index (χ4n) is 4.12. The number of carbonyl (C=O) groups excluding carboxylic acids is 1. The third kappa shape index (κ3) is 5.85. The fraction of sp³-hybridized carbons (Fsp3) is 0.650. The van der Waals surface area contributed by atoms with Crippen LogP contribution in [-0.2, 0) is 20.6 Å². The quantitative estimate of drug-likeness (QED) is 0.710. The van der Waals surface area contributed by atoms with Crippen LogP contribution in [0, 0.1) is 11.8 Å². The first kappa shape index (κ1) is 21.9. The van der Waals surface area contributed by atoms with Gasteiger partial charge in [0.1, 0.15) is 0 Å². The van der Waals surface area contributed by atoms with Crippen LogP contribution in [0.3, 0.4) is 0 Å². The summed E-state index contributed by atoms with van der Waals surface area (Å²) < 4.78 is 27.2. The van der Waals surface area contributed by atoms with Gasteiger partial charge in [0.15, 0.2) is 0 Å². The van der Waals surface area contributed by atoms with Gasteiger partial charge in [-0.3, -0.25) is 4.79 Å². The second kappa shape index (κ2) is 9.79. The van der Waals surface area contributed by atoms with Gasteiger partial charge >= 0.3 is 0 Å². The van der Waals surface area contributed by atoms with E-state index in [2.05, 4.69) is 5.32 Å². The van der Waals surface area contributed by atoms with Gasteiger partial charge in [0.2, 0.25) is 15.9 Å². The topological polar surface area (TPSA) is 66.5 Å². The van der Waals surface area contributed by atoms with Crippen LogP contribution >= 0.6 is 23.2 Å². The maximum atomic E-state index is 12.9. The number of halogens is 2. The maximum absolute atomic E-state index is 12.9. The zero-order valence-corrected chi connectivity index (χ0v) is 18.3. The number of carbonyl (C=O) groups is 1. The number of nitrogens with one attached hydrogen (secondary N) is 1. The smallest absolute Gasteiger partial charge is 0.224 e. The van der Waals surface area contributed by atoms with Gasteiger partial charge in [-0.15, -0.1) is 0 Å². The predicted molar refractivity (Wildman–Crippen MR) is 113 cm³/mol. The van der Waals surface area contributed by atoms with Gasteiger partial charge in [-0.2, -0.15) is 0 Å². The molecule has 1 aliphatic heterocycles. The van der Waals surface area contributed by atoms with Crippen molar-refractivity contribution in [3.63, 3.8) is 0 Å². The molecule has 0 bridgehead atoms. The predicted octanol–water partition coefficient (Wildman–Crippen LogP) is 4.23. The molecule has 156 valence electrons. The molecule has 1 amide bonds. The summed E-state index contributed by atoms with van der Waals surface area (Å²) in [5.41, 5.74) is 0.523. The molecule has 3 rings (SSSR count). The van der Waals surface area contributed by atoms with Crippen molar-refractivity contribution in [3.05, 3.63) is 33.8 Å². The molecule has 0 radical (unpaired) electrons. The lowest BCUT2D eigenvalue weighted by Crippen LogP contribution is -2.46. The van der Waals surface area contributed by atoms with Crippen LogP contribution in [0.1, 0.15) is 50.5 Å². The highest BCUT2D eigenvalue weighted by atomic mass is 35.5. The zero-order chi connectivity index (χ0) is 20.1. The van der Waals surface area contributed by atoms with Crippen molar-refractivity contribution in [2.24, 2.45) is 11.8 Å². The minimum atomic E-state index is -3.55. The molecule has 1 saturated carbocycles. The minimum Gasteiger partial charge on any atom is -0.356 e. The SMILES string of the molecule is O=C(NCC1CCCCC1)[C@@H]1CCCN(S(=O)(=O)Cc2ccc(Cl)cc2Cl)C1. The number of sulfonamides is 1. The first-order valence-electron chi connectivity index (χ1n) is 10.0. The van der Waals surface area contributed by atoms with Crippen molar-refractivity contribution in [1.82, 2.24) is 9.62 Å². The second-order valence-electron chi connectivity index (χ2n) is 7.94. The largest absolute Gasteiger partial charge is 0.356 e. The number of hydrogen-bond acceptors (Lipinski definition) is 3. The van der Waals surface area contributed by atoms with Gasteiger partial charge < -0.3 is 5.32 Å². The number of hydrogen-bond donors (Lipinski definition) is 1. The standard InChI is InChI=1S/C20H28Cl2N2O3S/c21-18-9-8-17(19(22)11-18)14-28(26,27)24-10-4-7-16(13-24)20(25)23-12-15-5-2-1-3-6-15/h8-9,11,15-16H,1-7,10,12-14H2,(H,23,25)/t16-/m1/s1. The Balaban J connectivity index is 1.57. The number of amides is 1. The molecule has 8 heteroatoms. The molecular weight excluding hydrogens is 419 g/mol. The Morgan fingerprint density at radius 3 is 2.57 bits per heavy atom. The first-order valence-corrected chi connectivity index (χ1v) is 12.4. The van der Waals surface area contributed by atoms with E-state index in [0.29, 0.717) is 41.0 Å². The molecule has 1 atom stereocenters. The van der Waals surface area contributed by atoms with Gasteiger partial charge in [-0.25, -0.2) is 12.7 Å². The molecular formula is C20H28Cl2N2O3S. The van der Waals surface area contributed by atoms with Gasteiger partial charge in [0.25, 0.3) is 0 Å². The summed E-state index contributed by atoms with van der Waals surface area (Å²) in [6.45, 7) is 1.40. The van der Waals surface area contributed by atoms with Crippen LogP contribution in [-0.4, -0.2) is 38.3 Å². The molecule has 1 aromatic carbocycles. The highest BCUT2D eigenvalue weighted by Gasteiger charge is 2.33. The molecule has 0 spiro atoms. The third-order valence-electron chi connectivity index (χ3n) is 5.79. The maximum Gasteiger partial charge on any atom is 0.224 e. The van der Waals surface area contributed by atoms with E-state index < -0.39 is 10.0 Å². The van der Waals surface area contributed by atoms with Gasteiger partial charge in [0.05, 0.1) is 11.7 Å². The van der Waals surface area contributed by atoms with Crippen molar-refractivity contribution in [2.45, 2.75) is 50.7 Å². The first-order chi connectivity index (χ1) is 13.3. The fourth-order valence-corrected chi connectivity index (χ4v) is 6.31. The summed E-state index contributed by atoms with van der Waals surface area (Å²) in [6, 6.07) is 4.82. The summed E-state index contributed by atoms with van der Waals surface area (Å²) in [7, 11) is -3.55. The highest BCUT2D eigenvalue weighted by Crippen LogP contribution is 2.27. The normalized spacial score (nSPS) is 22.1. The van der Waals surface area contributed by atoms with Crippen LogP contribution in [0.25, 0.3) is 0 Å². The van der Waals surface area contributed by atoms with Crippen molar-refractivity contribution in [1.29, 1.82) is 0 Å². The molecule has 1 N–H and O–H groups in total. The molecule has 1 aromatic rings. The zero-order valence-electron chi connectivity index (χ0n) is 16.0. The molecule has 1 saturated heterocycles. The number of rotatable bonds is 6. The van der Waals surface area contributed by atoms with Crippen molar-refractivity contribution >= 4 is 39.1 Å². The molecule has 0 aromatic heterocycles. The van der Waals surface area contributed by atoms with E-state index >= 15 is 0 Å². The van der Waals surface area contributed by atoms with E-state index in [0.717, 1.165) is 6.42 Å². The molecule has 1 aliphatic carbocycles. The Morgan fingerprint density at radius 1 is 1.11 bits per heavy atom. The number of nitrogens with zero attached hydrogens (tertiary/aromatic N) is 1. The monoisotopic (exact) mass is 446 g/mol. The summed E-state index contributed by atoms with van der Waals surface area (Å²) in [5, 5.41) is 3.88. The molecule has 28 heavy (non-hydrogen) atoms.